The number of aryl methyl sites for hydroxylation is 1. The van der Waals surface area contributed by atoms with Crippen LogP contribution in [0.15, 0.2) is 88.7 Å². The number of benzene rings is 3. The first kappa shape index (κ1) is 34.6. The standard InChI is InChI=1S/C19H15ClN2O3.C13H8ClF3N2O3/c1-12-7-8-15(14(20)9-12)22-16(10-13-5-3-2-4-6-13)18(19(24)25)17(23)11-21-22;1-6-11(12(21)22)10(20)5-18-19(6)9-3-2-7(14)4-8(9)13(15,16)17/h2-9,11H,10H2,1H3,(H,24,25);2-5H,1H3,(H,21,22). The maximum atomic E-state index is 13.1. The van der Waals surface area contributed by atoms with Gasteiger partial charge in [0.25, 0.3) is 0 Å². The predicted octanol–water partition coefficient (Wildman–Crippen LogP) is 6.39. The van der Waals surface area contributed by atoms with Gasteiger partial charge in [-0.3, -0.25) is 9.59 Å². The van der Waals surface area contributed by atoms with Crippen molar-refractivity contribution in [2.45, 2.75) is 26.4 Å². The molecule has 47 heavy (non-hydrogen) atoms. The molecule has 0 fully saturated rings. The number of rotatable bonds is 6. The van der Waals surface area contributed by atoms with Crippen molar-refractivity contribution in [3.05, 3.63) is 149 Å². The van der Waals surface area contributed by atoms with Gasteiger partial charge in [0.15, 0.2) is 0 Å². The number of hydrogen-bond donors (Lipinski definition) is 2. The van der Waals surface area contributed by atoms with E-state index < -0.39 is 45.8 Å². The van der Waals surface area contributed by atoms with Crippen LogP contribution in [-0.2, 0) is 12.6 Å². The predicted molar refractivity (Wildman–Crippen MR) is 167 cm³/mol. The van der Waals surface area contributed by atoms with Crippen molar-refractivity contribution < 1.29 is 33.0 Å². The molecule has 0 aliphatic carbocycles. The topological polar surface area (TPSA) is 144 Å². The molecule has 0 spiro atoms. The highest BCUT2D eigenvalue weighted by Gasteiger charge is 2.35. The van der Waals surface area contributed by atoms with Gasteiger partial charge in [0.05, 0.1) is 45.7 Å². The number of carboxylic acids is 2. The van der Waals surface area contributed by atoms with E-state index in [1.807, 2.05) is 43.3 Å². The second-order valence-corrected chi connectivity index (χ2v) is 10.9. The minimum Gasteiger partial charge on any atom is -0.477 e. The van der Waals surface area contributed by atoms with Crippen LogP contribution in [0.25, 0.3) is 11.4 Å². The first-order valence-electron chi connectivity index (χ1n) is 13.4. The minimum atomic E-state index is -4.72. The van der Waals surface area contributed by atoms with E-state index >= 15 is 0 Å². The lowest BCUT2D eigenvalue weighted by atomic mass is 10.0. The normalized spacial score (nSPS) is 11.0. The second-order valence-electron chi connectivity index (χ2n) is 10.0. The van der Waals surface area contributed by atoms with Crippen molar-refractivity contribution in [2.24, 2.45) is 0 Å². The van der Waals surface area contributed by atoms with Crippen molar-refractivity contribution >= 4 is 35.1 Å². The van der Waals surface area contributed by atoms with E-state index in [0.29, 0.717) is 23.0 Å². The fourth-order valence-corrected chi connectivity index (χ4v) is 5.12. The van der Waals surface area contributed by atoms with Crippen LogP contribution in [0.2, 0.25) is 10.0 Å². The second kappa shape index (κ2) is 14.0. The number of aromatic nitrogens is 4. The molecule has 0 amide bonds. The summed E-state index contributed by atoms with van der Waals surface area (Å²) in [4.78, 5) is 46.4. The third-order valence-corrected chi connectivity index (χ3v) is 7.30. The molecule has 0 aliphatic rings. The molecule has 5 aromatic rings. The Morgan fingerprint density at radius 3 is 1.94 bits per heavy atom. The summed E-state index contributed by atoms with van der Waals surface area (Å²) in [5.41, 5.74) is -1.51. The van der Waals surface area contributed by atoms with Gasteiger partial charge in [-0.2, -0.15) is 23.4 Å². The Morgan fingerprint density at radius 1 is 0.787 bits per heavy atom. The van der Waals surface area contributed by atoms with Gasteiger partial charge in [-0.05, 0) is 55.3 Å². The quantitative estimate of drug-likeness (QED) is 0.209. The van der Waals surface area contributed by atoms with E-state index in [1.54, 1.807) is 12.1 Å². The molecule has 0 bridgehead atoms. The Bertz CT molecular complexity index is 2120. The highest BCUT2D eigenvalue weighted by atomic mass is 35.5. The molecule has 242 valence electrons. The molecular formula is C32H23Cl2F3N4O6. The number of nitrogens with zero attached hydrogens (tertiary/aromatic N) is 4. The number of hydrogen-bond acceptors (Lipinski definition) is 6. The first-order valence-corrected chi connectivity index (χ1v) is 14.2. The molecule has 2 N–H and O–H groups in total. The molecule has 2 aromatic heterocycles. The molecule has 0 aliphatic heterocycles. The number of halogens is 5. The number of alkyl halides is 3. The monoisotopic (exact) mass is 686 g/mol. The van der Waals surface area contributed by atoms with Crippen LogP contribution in [0, 0.1) is 13.8 Å². The van der Waals surface area contributed by atoms with Crippen molar-refractivity contribution in [3.63, 3.8) is 0 Å². The van der Waals surface area contributed by atoms with Gasteiger partial charge >= 0.3 is 18.1 Å². The SMILES string of the molecule is Cc1c(C(=O)O)c(=O)cnn1-c1ccc(Cl)cc1C(F)(F)F.Cc1ccc(-n2ncc(=O)c(C(=O)O)c2Cc2ccccc2)c(Cl)c1. The summed E-state index contributed by atoms with van der Waals surface area (Å²) >= 11 is 11.9. The molecule has 5 rings (SSSR count). The van der Waals surface area contributed by atoms with Crippen LogP contribution in [0.5, 0.6) is 0 Å². The van der Waals surface area contributed by atoms with Gasteiger partial charge in [0.1, 0.15) is 11.1 Å². The van der Waals surface area contributed by atoms with Gasteiger partial charge in [-0.1, -0.05) is 59.6 Å². The molecule has 3 aromatic carbocycles. The lowest BCUT2D eigenvalue weighted by Crippen LogP contribution is -2.24. The molecule has 0 atom stereocenters. The zero-order valence-electron chi connectivity index (χ0n) is 24.4. The van der Waals surface area contributed by atoms with Crippen LogP contribution in [0.4, 0.5) is 13.2 Å². The summed E-state index contributed by atoms with van der Waals surface area (Å²) in [5, 5.41) is 26.6. The van der Waals surface area contributed by atoms with Gasteiger partial charge in [-0.15, -0.1) is 0 Å². The van der Waals surface area contributed by atoms with Crippen LogP contribution in [0.1, 0.15) is 48.8 Å². The minimum absolute atomic E-state index is 0.131. The van der Waals surface area contributed by atoms with Crippen LogP contribution in [0.3, 0.4) is 0 Å². The largest absolute Gasteiger partial charge is 0.477 e. The van der Waals surface area contributed by atoms with E-state index in [4.69, 9.17) is 28.3 Å². The summed E-state index contributed by atoms with van der Waals surface area (Å²) < 4.78 is 41.5. The first-order chi connectivity index (χ1) is 22.1. The van der Waals surface area contributed by atoms with Gasteiger partial charge < -0.3 is 10.2 Å². The number of carboxylic acid groups (broad SMARTS) is 2. The van der Waals surface area contributed by atoms with Crippen molar-refractivity contribution in [1.29, 1.82) is 0 Å². The van der Waals surface area contributed by atoms with Gasteiger partial charge in [-0.25, -0.2) is 19.0 Å². The zero-order chi connectivity index (χ0) is 34.6. The van der Waals surface area contributed by atoms with E-state index in [0.717, 1.165) is 28.1 Å². The average Bonchev–Trinajstić information content (AvgIpc) is 2.98. The van der Waals surface area contributed by atoms with Crippen molar-refractivity contribution in [3.8, 4) is 11.4 Å². The Morgan fingerprint density at radius 2 is 1.36 bits per heavy atom. The fourth-order valence-electron chi connectivity index (χ4n) is 4.63. The Kier molecular flexibility index (Phi) is 10.3. The molecule has 0 radical (unpaired) electrons. The Labute approximate surface area is 273 Å². The summed E-state index contributed by atoms with van der Waals surface area (Å²) in [7, 11) is 0. The average molecular weight is 687 g/mol. The van der Waals surface area contributed by atoms with E-state index in [-0.39, 0.29) is 28.4 Å². The van der Waals surface area contributed by atoms with Gasteiger partial charge in [0.2, 0.25) is 10.9 Å². The van der Waals surface area contributed by atoms with E-state index in [9.17, 15) is 37.5 Å². The highest BCUT2D eigenvalue weighted by Crippen LogP contribution is 2.35. The lowest BCUT2D eigenvalue weighted by Gasteiger charge is -2.17. The maximum absolute atomic E-state index is 13.1. The van der Waals surface area contributed by atoms with Gasteiger partial charge in [0, 0.05) is 11.4 Å². The van der Waals surface area contributed by atoms with Crippen LogP contribution < -0.4 is 10.9 Å². The Balaban J connectivity index is 0.000000215. The molecule has 0 unspecified atom stereocenters. The van der Waals surface area contributed by atoms with E-state index in [1.165, 1.54) is 17.7 Å². The maximum Gasteiger partial charge on any atom is 0.418 e. The Hall–Kier alpha value is -5.27. The molecule has 0 saturated carbocycles. The summed E-state index contributed by atoms with van der Waals surface area (Å²) in [6.07, 6.45) is -2.81. The number of aromatic carboxylic acids is 2. The zero-order valence-corrected chi connectivity index (χ0v) is 25.9. The third kappa shape index (κ3) is 7.76. The lowest BCUT2D eigenvalue weighted by molar-refractivity contribution is -0.137. The molecule has 10 nitrogen and oxygen atoms in total. The summed E-state index contributed by atoms with van der Waals surface area (Å²) in [6.45, 7) is 3.11. The number of carbonyl (C=O) groups is 2. The summed E-state index contributed by atoms with van der Waals surface area (Å²) in [5.74, 6) is -2.82. The highest BCUT2D eigenvalue weighted by molar-refractivity contribution is 6.32. The van der Waals surface area contributed by atoms with Crippen molar-refractivity contribution in [2.75, 3.05) is 0 Å². The fraction of sp³-hybridized carbons (Fsp3) is 0.125. The van der Waals surface area contributed by atoms with E-state index in [2.05, 4.69) is 10.2 Å². The molecular weight excluding hydrogens is 664 g/mol. The van der Waals surface area contributed by atoms with Crippen molar-refractivity contribution in [1.82, 2.24) is 19.6 Å². The van der Waals surface area contributed by atoms with Crippen LogP contribution in [-0.4, -0.2) is 41.7 Å². The molecule has 0 saturated heterocycles. The van der Waals surface area contributed by atoms with Crippen LogP contribution >= 0.6 is 23.2 Å². The third-order valence-electron chi connectivity index (χ3n) is 6.76. The summed E-state index contributed by atoms with van der Waals surface area (Å²) in [6, 6.07) is 17.7. The smallest absolute Gasteiger partial charge is 0.418 e. The molecule has 15 heteroatoms. The molecule has 2 heterocycles.